The van der Waals surface area contributed by atoms with Gasteiger partial charge in [0.1, 0.15) is 0 Å². The molecular formula is C27H25N3O6. The number of hydrogen-bond donors (Lipinski definition) is 2. The number of pyridine rings is 1. The number of benzene rings is 2. The van der Waals surface area contributed by atoms with Gasteiger partial charge in [-0.15, -0.1) is 0 Å². The van der Waals surface area contributed by atoms with Gasteiger partial charge in [-0.3, -0.25) is 10.1 Å². The van der Waals surface area contributed by atoms with Crippen molar-refractivity contribution in [1.82, 2.24) is 15.6 Å². The maximum absolute atomic E-state index is 13.3. The second kappa shape index (κ2) is 10.1. The fourth-order valence-corrected chi connectivity index (χ4v) is 4.48. The molecule has 0 radical (unpaired) electrons. The lowest BCUT2D eigenvalue weighted by Crippen LogP contribution is -2.41. The van der Waals surface area contributed by atoms with E-state index in [1.807, 2.05) is 42.5 Å². The molecule has 36 heavy (non-hydrogen) atoms. The van der Waals surface area contributed by atoms with Gasteiger partial charge < -0.3 is 19.5 Å². The molecule has 3 aromatic rings. The summed E-state index contributed by atoms with van der Waals surface area (Å²) in [5, 5.41) is 5.25. The van der Waals surface area contributed by atoms with Gasteiger partial charge in [-0.25, -0.2) is 14.6 Å². The van der Waals surface area contributed by atoms with Gasteiger partial charge in [0.15, 0.2) is 18.1 Å². The highest BCUT2D eigenvalue weighted by Gasteiger charge is 2.26. The van der Waals surface area contributed by atoms with E-state index < -0.39 is 24.5 Å². The zero-order chi connectivity index (χ0) is 25.1. The normalized spacial score (nSPS) is 14.9. The first-order valence-electron chi connectivity index (χ1n) is 11.8. The summed E-state index contributed by atoms with van der Waals surface area (Å²) in [6.45, 7) is 1.74. The quantitative estimate of drug-likeness (QED) is 0.525. The van der Waals surface area contributed by atoms with Crippen LogP contribution >= 0.6 is 0 Å². The number of ether oxygens (including phenoxy) is 3. The van der Waals surface area contributed by atoms with Crippen molar-refractivity contribution in [3.63, 3.8) is 0 Å². The number of esters is 1. The zero-order valence-corrected chi connectivity index (χ0v) is 19.8. The van der Waals surface area contributed by atoms with Gasteiger partial charge in [-0.1, -0.05) is 24.3 Å². The predicted molar refractivity (Wildman–Crippen MR) is 133 cm³/mol. The van der Waals surface area contributed by atoms with Crippen molar-refractivity contribution in [2.45, 2.75) is 26.2 Å². The lowest BCUT2D eigenvalue weighted by atomic mass is 9.86. The molecule has 0 spiro atoms. The number of carbonyl (C=O) groups excluding carboxylic acids is 3. The topological polar surface area (TPSA) is 116 Å². The molecule has 0 bridgehead atoms. The molecule has 3 amide bonds. The van der Waals surface area contributed by atoms with Crippen LogP contribution in [0, 0.1) is 0 Å². The molecule has 2 aromatic carbocycles. The molecule has 0 unspecified atom stereocenters. The maximum Gasteiger partial charge on any atom is 0.339 e. The minimum atomic E-state index is -0.704. The van der Waals surface area contributed by atoms with Crippen LogP contribution in [0.3, 0.4) is 0 Å². The molecule has 2 heterocycles. The molecule has 9 nitrogen and oxygen atoms in total. The molecule has 184 valence electrons. The first kappa shape index (κ1) is 23.3. The van der Waals surface area contributed by atoms with Crippen molar-refractivity contribution in [2.24, 2.45) is 0 Å². The van der Waals surface area contributed by atoms with Gasteiger partial charge in [0.05, 0.1) is 16.8 Å². The third-order valence-corrected chi connectivity index (χ3v) is 6.04. The lowest BCUT2D eigenvalue weighted by molar-refractivity contribution is -0.123. The summed E-state index contributed by atoms with van der Waals surface area (Å²) in [6, 6.07) is 12.5. The van der Waals surface area contributed by atoms with Crippen LogP contribution in [0.5, 0.6) is 11.5 Å². The Bertz CT molecular complexity index is 1400. The summed E-state index contributed by atoms with van der Waals surface area (Å²) in [7, 11) is 0. The Balaban J connectivity index is 1.48. The number of imide groups is 1. The van der Waals surface area contributed by atoms with Gasteiger partial charge in [0.2, 0.25) is 6.79 Å². The van der Waals surface area contributed by atoms with Gasteiger partial charge in [-0.2, -0.15) is 0 Å². The molecule has 9 heteroatoms. The number of allylic oxidation sites excluding steroid dienone is 1. The highest BCUT2D eigenvalue weighted by molar-refractivity contribution is 6.07. The lowest BCUT2D eigenvalue weighted by Gasteiger charge is -2.22. The Labute approximate surface area is 207 Å². The minimum Gasteiger partial charge on any atom is -0.454 e. The van der Waals surface area contributed by atoms with Crippen LogP contribution in [-0.4, -0.2) is 42.8 Å². The average molecular weight is 488 g/mol. The van der Waals surface area contributed by atoms with Crippen molar-refractivity contribution in [1.29, 1.82) is 0 Å². The van der Waals surface area contributed by atoms with E-state index in [1.165, 1.54) is 0 Å². The third kappa shape index (κ3) is 4.72. The Morgan fingerprint density at radius 2 is 1.92 bits per heavy atom. The van der Waals surface area contributed by atoms with Crippen molar-refractivity contribution < 1.29 is 28.6 Å². The van der Waals surface area contributed by atoms with E-state index in [2.05, 4.69) is 16.7 Å². The fourth-order valence-electron chi connectivity index (χ4n) is 4.48. The van der Waals surface area contributed by atoms with Gasteiger partial charge in [0, 0.05) is 11.9 Å². The van der Waals surface area contributed by atoms with Crippen molar-refractivity contribution >= 4 is 40.5 Å². The molecule has 0 fully saturated rings. The summed E-state index contributed by atoms with van der Waals surface area (Å²) >= 11 is 0. The number of fused-ring (bicyclic) bond motifs is 3. The van der Waals surface area contributed by atoms with Crippen LogP contribution in [0.15, 0.2) is 42.5 Å². The van der Waals surface area contributed by atoms with Crippen molar-refractivity contribution in [3.05, 3.63) is 64.8 Å². The van der Waals surface area contributed by atoms with Crippen molar-refractivity contribution in [3.8, 4) is 11.5 Å². The molecule has 0 saturated heterocycles. The third-order valence-electron chi connectivity index (χ3n) is 6.04. The number of urea groups is 1. The first-order chi connectivity index (χ1) is 17.5. The number of nitrogens with zero attached hydrogens (tertiary/aromatic N) is 1. The SMILES string of the molecule is CCNC(=O)NC(=O)COC(=O)c1c2c(nc3ccccc13)/C(=C\c1ccc3c(c1)OCO3)CCC2. The summed E-state index contributed by atoms with van der Waals surface area (Å²) in [5.74, 6) is 0.0822. The second-order valence-corrected chi connectivity index (χ2v) is 8.45. The zero-order valence-electron chi connectivity index (χ0n) is 19.8. The van der Waals surface area contributed by atoms with E-state index in [0.717, 1.165) is 35.2 Å². The average Bonchev–Trinajstić information content (AvgIpc) is 3.34. The van der Waals surface area contributed by atoms with Crippen LogP contribution in [0.1, 0.15) is 46.9 Å². The standard InChI is InChI=1S/C27H25N3O6/c1-2-28-27(33)30-23(31)14-34-26(32)24-18-7-3-4-9-20(18)29-25-17(6-5-8-19(24)25)12-16-10-11-21-22(13-16)36-15-35-21/h3-4,7,9-13H,2,5-6,8,14-15H2,1H3,(H2,28,30,31,33)/b17-12-. The van der Waals surface area contributed by atoms with Crippen LogP contribution in [0.2, 0.25) is 0 Å². The predicted octanol–water partition coefficient (Wildman–Crippen LogP) is 3.84. The van der Waals surface area contributed by atoms with Crippen molar-refractivity contribution in [2.75, 3.05) is 19.9 Å². The fraction of sp³-hybridized carbons (Fsp3) is 0.259. The molecule has 1 aliphatic carbocycles. The monoisotopic (exact) mass is 487 g/mol. The van der Waals surface area contributed by atoms with E-state index in [9.17, 15) is 14.4 Å². The first-order valence-corrected chi connectivity index (χ1v) is 11.8. The number of hydrogen-bond acceptors (Lipinski definition) is 7. The highest BCUT2D eigenvalue weighted by Crippen LogP contribution is 2.38. The Kier molecular flexibility index (Phi) is 6.53. The van der Waals surface area contributed by atoms with E-state index in [1.54, 1.807) is 6.92 Å². The number of rotatable bonds is 5. The number of para-hydroxylation sites is 1. The van der Waals surface area contributed by atoms with E-state index >= 15 is 0 Å². The number of amides is 3. The molecule has 0 saturated carbocycles. The Morgan fingerprint density at radius 3 is 2.78 bits per heavy atom. The van der Waals surface area contributed by atoms with E-state index in [0.29, 0.717) is 40.9 Å². The molecule has 2 N–H and O–H groups in total. The Morgan fingerprint density at radius 1 is 1.08 bits per heavy atom. The summed E-state index contributed by atoms with van der Waals surface area (Å²) < 4.78 is 16.2. The molecule has 1 aromatic heterocycles. The maximum atomic E-state index is 13.3. The number of aromatic nitrogens is 1. The van der Waals surface area contributed by atoms with Crippen LogP contribution < -0.4 is 20.1 Å². The Hall–Kier alpha value is -4.40. The van der Waals surface area contributed by atoms with Gasteiger partial charge in [-0.05, 0) is 67.2 Å². The number of nitrogens with one attached hydrogen (secondary N) is 2. The highest BCUT2D eigenvalue weighted by atomic mass is 16.7. The largest absolute Gasteiger partial charge is 0.454 e. The van der Waals surface area contributed by atoms with E-state index in [-0.39, 0.29) is 6.79 Å². The molecule has 0 atom stereocenters. The van der Waals surface area contributed by atoms with Gasteiger partial charge >= 0.3 is 12.0 Å². The van der Waals surface area contributed by atoms with Gasteiger partial charge in [0.25, 0.3) is 5.91 Å². The molecule has 5 rings (SSSR count). The summed E-state index contributed by atoms with van der Waals surface area (Å²) in [6.07, 6.45) is 4.34. The summed E-state index contributed by atoms with van der Waals surface area (Å²) in [5.41, 5.74) is 4.55. The molecular weight excluding hydrogens is 462 g/mol. The number of carbonyl (C=O) groups is 3. The van der Waals surface area contributed by atoms with E-state index in [4.69, 9.17) is 19.2 Å². The second-order valence-electron chi connectivity index (χ2n) is 8.45. The van der Waals surface area contributed by atoms with Crippen LogP contribution in [0.25, 0.3) is 22.6 Å². The van der Waals surface area contributed by atoms with Crippen LogP contribution in [-0.2, 0) is 16.0 Å². The minimum absolute atomic E-state index is 0.207. The molecule has 1 aliphatic heterocycles. The smallest absolute Gasteiger partial charge is 0.339 e. The molecule has 2 aliphatic rings. The summed E-state index contributed by atoms with van der Waals surface area (Å²) in [4.78, 5) is 41.8. The van der Waals surface area contributed by atoms with Crippen LogP contribution in [0.4, 0.5) is 4.79 Å².